The second-order valence-corrected chi connectivity index (χ2v) is 5.32. The quantitative estimate of drug-likeness (QED) is 0.539. The zero-order chi connectivity index (χ0) is 13.1. The van der Waals surface area contributed by atoms with Crippen LogP contribution in [0, 0.1) is 17.3 Å². The van der Waals surface area contributed by atoms with Gasteiger partial charge in [-0.25, -0.2) is 0 Å². The Morgan fingerprint density at radius 3 is 2.41 bits per heavy atom. The van der Waals surface area contributed by atoms with Gasteiger partial charge in [0.05, 0.1) is 11.3 Å². The van der Waals surface area contributed by atoms with E-state index in [-0.39, 0.29) is 30.6 Å². The number of ether oxygens (including phenoxy) is 3. The van der Waals surface area contributed by atoms with Gasteiger partial charge in [0, 0.05) is 13.7 Å². The van der Waals surface area contributed by atoms with Gasteiger partial charge in [-0.1, -0.05) is 0 Å². The monoisotopic (exact) mass is 244 g/mol. The van der Waals surface area contributed by atoms with Crippen LogP contribution in [0.5, 0.6) is 0 Å². The van der Waals surface area contributed by atoms with Crippen LogP contribution in [0.25, 0.3) is 0 Å². The smallest absolute Gasteiger partial charge is 0.314 e. The molecule has 0 spiro atoms. The third kappa shape index (κ3) is 4.34. The summed E-state index contributed by atoms with van der Waals surface area (Å²) in [5, 5.41) is 0. The van der Waals surface area contributed by atoms with Crippen molar-refractivity contribution in [3.05, 3.63) is 0 Å². The molecule has 0 aromatic rings. The maximum Gasteiger partial charge on any atom is 0.314 e. The van der Waals surface area contributed by atoms with E-state index in [1.54, 1.807) is 27.9 Å². The Morgan fingerprint density at radius 2 is 1.88 bits per heavy atom. The lowest BCUT2D eigenvalue weighted by Gasteiger charge is -2.16. The number of hydrogen-bond acceptors (Lipinski definition) is 5. The number of carbonyl (C=O) groups excluding carboxylic acids is 2. The largest absolute Gasteiger partial charge is 0.428 e. The minimum atomic E-state index is -0.579. The average molecular weight is 244 g/mol. The molecule has 0 aromatic carbocycles. The number of rotatable bonds is 5. The summed E-state index contributed by atoms with van der Waals surface area (Å²) in [5.74, 6) is -0.530. The Morgan fingerprint density at radius 1 is 1.24 bits per heavy atom. The summed E-state index contributed by atoms with van der Waals surface area (Å²) in [7, 11) is 1.60. The molecular weight excluding hydrogens is 224 g/mol. The summed E-state index contributed by atoms with van der Waals surface area (Å²) in [4.78, 5) is 22.8. The number of hydrogen-bond donors (Lipinski definition) is 0. The molecule has 1 aliphatic carbocycles. The van der Waals surface area contributed by atoms with E-state index in [1.807, 2.05) is 0 Å². The molecule has 1 fully saturated rings. The van der Waals surface area contributed by atoms with E-state index in [9.17, 15) is 9.59 Å². The predicted octanol–water partition coefficient (Wildman–Crippen LogP) is 1.36. The van der Waals surface area contributed by atoms with Crippen LogP contribution in [-0.4, -0.2) is 32.4 Å². The van der Waals surface area contributed by atoms with E-state index in [2.05, 4.69) is 0 Å². The van der Waals surface area contributed by atoms with Crippen LogP contribution in [0.2, 0.25) is 0 Å². The van der Waals surface area contributed by atoms with Crippen molar-refractivity contribution in [2.24, 2.45) is 17.3 Å². The second kappa shape index (κ2) is 5.49. The molecule has 0 aliphatic heterocycles. The molecule has 1 saturated carbocycles. The minimum absolute atomic E-state index is 0.0942. The summed E-state index contributed by atoms with van der Waals surface area (Å²) in [5.41, 5.74) is -0.579. The molecule has 0 aromatic heterocycles. The van der Waals surface area contributed by atoms with Crippen LogP contribution < -0.4 is 0 Å². The van der Waals surface area contributed by atoms with Crippen LogP contribution >= 0.6 is 0 Å². The second-order valence-electron chi connectivity index (χ2n) is 5.32. The predicted molar refractivity (Wildman–Crippen MR) is 60.0 cm³/mol. The molecule has 2 atom stereocenters. The van der Waals surface area contributed by atoms with E-state index < -0.39 is 5.41 Å². The molecule has 98 valence electrons. The van der Waals surface area contributed by atoms with Crippen molar-refractivity contribution in [2.45, 2.75) is 27.2 Å². The molecule has 1 rings (SSSR count). The number of methoxy groups -OCH3 is 1. The van der Waals surface area contributed by atoms with Gasteiger partial charge in [0.1, 0.15) is 0 Å². The molecule has 0 radical (unpaired) electrons. The molecule has 0 amide bonds. The topological polar surface area (TPSA) is 61.8 Å². The van der Waals surface area contributed by atoms with E-state index in [0.29, 0.717) is 6.61 Å². The zero-order valence-corrected chi connectivity index (χ0v) is 10.8. The van der Waals surface area contributed by atoms with Crippen molar-refractivity contribution in [3.8, 4) is 0 Å². The Kier molecular flexibility index (Phi) is 4.51. The highest BCUT2D eigenvalue weighted by Gasteiger charge is 2.44. The maximum atomic E-state index is 11.5. The first-order valence-electron chi connectivity index (χ1n) is 5.69. The lowest BCUT2D eigenvalue weighted by molar-refractivity contribution is -0.174. The van der Waals surface area contributed by atoms with Crippen LogP contribution in [0.1, 0.15) is 27.2 Å². The molecule has 5 nitrogen and oxygen atoms in total. The third-order valence-electron chi connectivity index (χ3n) is 2.61. The fourth-order valence-electron chi connectivity index (χ4n) is 1.40. The third-order valence-corrected chi connectivity index (χ3v) is 2.61. The van der Waals surface area contributed by atoms with Crippen LogP contribution in [0.15, 0.2) is 0 Å². The summed E-state index contributed by atoms with van der Waals surface area (Å²) in [6.07, 6.45) is 0.792. The minimum Gasteiger partial charge on any atom is -0.428 e. The fraction of sp³-hybridized carbons (Fsp3) is 0.833. The van der Waals surface area contributed by atoms with Crippen molar-refractivity contribution < 1.29 is 23.8 Å². The average Bonchev–Trinajstić information content (AvgIpc) is 2.96. The SMILES string of the molecule is COC[C@@H]1C[C@H]1C(=O)OCOC(=O)C(C)(C)C. The van der Waals surface area contributed by atoms with Gasteiger partial charge in [0.25, 0.3) is 0 Å². The van der Waals surface area contributed by atoms with Crippen LogP contribution in [-0.2, 0) is 23.8 Å². The standard InChI is InChI=1S/C12H20O5/c1-12(2,3)11(14)17-7-16-10(13)9-5-8(9)6-15-4/h8-9H,5-7H2,1-4H3/t8-,9+/m0/s1. The van der Waals surface area contributed by atoms with Gasteiger partial charge in [0.2, 0.25) is 6.79 Å². The molecule has 0 saturated heterocycles. The highest BCUT2D eigenvalue weighted by Crippen LogP contribution is 2.39. The van der Waals surface area contributed by atoms with E-state index >= 15 is 0 Å². The molecule has 0 N–H and O–H groups in total. The van der Waals surface area contributed by atoms with Gasteiger partial charge in [-0.3, -0.25) is 9.59 Å². The lowest BCUT2D eigenvalue weighted by atomic mass is 9.98. The summed E-state index contributed by atoms with van der Waals surface area (Å²) >= 11 is 0. The van der Waals surface area contributed by atoms with Crippen molar-refractivity contribution in [1.29, 1.82) is 0 Å². The Balaban J connectivity index is 2.16. The van der Waals surface area contributed by atoms with Crippen molar-refractivity contribution in [1.82, 2.24) is 0 Å². The van der Waals surface area contributed by atoms with Gasteiger partial charge >= 0.3 is 11.9 Å². The molecule has 5 heteroatoms. The number of esters is 2. The molecule has 0 bridgehead atoms. The van der Waals surface area contributed by atoms with E-state index in [4.69, 9.17) is 14.2 Å². The van der Waals surface area contributed by atoms with E-state index in [1.165, 1.54) is 0 Å². The highest BCUT2D eigenvalue weighted by atomic mass is 16.7. The summed E-state index contributed by atoms with van der Waals surface area (Å²) < 4.78 is 14.6. The van der Waals surface area contributed by atoms with Crippen molar-refractivity contribution in [3.63, 3.8) is 0 Å². The van der Waals surface area contributed by atoms with Gasteiger partial charge in [0.15, 0.2) is 0 Å². The first-order chi connectivity index (χ1) is 7.86. The first-order valence-corrected chi connectivity index (χ1v) is 5.69. The lowest BCUT2D eigenvalue weighted by Crippen LogP contribution is -2.25. The van der Waals surface area contributed by atoms with Crippen LogP contribution in [0.4, 0.5) is 0 Å². The Labute approximate surface area is 101 Å². The fourth-order valence-corrected chi connectivity index (χ4v) is 1.40. The molecular formula is C12H20O5. The molecule has 17 heavy (non-hydrogen) atoms. The van der Waals surface area contributed by atoms with Crippen molar-refractivity contribution in [2.75, 3.05) is 20.5 Å². The zero-order valence-electron chi connectivity index (χ0n) is 10.8. The molecule has 0 unspecified atom stereocenters. The number of carbonyl (C=O) groups is 2. The highest BCUT2D eigenvalue weighted by molar-refractivity contribution is 5.77. The van der Waals surface area contributed by atoms with Crippen molar-refractivity contribution >= 4 is 11.9 Å². The summed E-state index contributed by atoms with van der Waals surface area (Å²) in [6.45, 7) is 5.50. The van der Waals surface area contributed by atoms with E-state index in [0.717, 1.165) is 6.42 Å². The van der Waals surface area contributed by atoms with Gasteiger partial charge in [-0.05, 0) is 33.1 Å². The molecule has 1 aliphatic rings. The molecule has 0 heterocycles. The Bertz CT molecular complexity index is 292. The first kappa shape index (κ1) is 14.0. The normalized spacial score (nSPS) is 23.1. The summed E-state index contributed by atoms with van der Waals surface area (Å²) in [6, 6.07) is 0. The Hall–Kier alpha value is -1.10. The van der Waals surface area contributed by atoms with Gasteiger partial charge < -0.3 is 14.2 Å². The van der Waals surface area contributed by atoms with Crippen LogP contribution in [0.3, 0.4) is 0 Å². The van der Waals surface area contributed by atoms with Gasteiger partial charge in [-0.15, -0.1) is 0 Å². The maximum absolute atomic E-state index is 11.5. The van der Waals surface area contributed by atoms with Gasteiger partial charge in [-0.2, -0.15) is 0 Å².